The topological polar surface area (TPSA) is 13.1 Å². The van der Waals surface area contributed by atoms with Crippen LogP contribution in [-0.4, -0.2) is 0 Å². The summed E-state index contributed by atoms with van der Waals surface area (Å²) >= 11 is 5.65. The van der Waals surface area contributed by atoms with Gasteiger partial charge in [-0.05, 0) is 37.3 Å². The summed E-state index contributed by atoms with van der Waals surface area (Å²) in [6.45, 7) is 1.86. The average molecular weight is 211 g/mol. The quantitative estimate of drug-likeness (QED) is 0.692. The highest BCUT2D eigenvalue weighted by Crippen LogP contribution is 2.26. The van der Waals surface area contributed by atoms with Crippen LogP contribution in [0.1, 0.15) is 5.76 Å². The van der Waals surface area contributed by atoms with Crippen molar-refractivity contribution in [3.8, 4) is 11.3 Å². The lowest BCUT2D eigenvalue weighted by Crippen LogP contribution is -1.78. The van der Waals surface area contributed by atoms with Gasteiger partial charge in [0.15, 0.2) is 0 Å². The number of benzene rings is 1. The van der Waals surface area contributed by atoms with E-state index in [-0.39, 0.29) is 5.02 Å². The molecule has 2 rings (SSSR count). The van der Waals surface area contributed by atoms with E-state index in [1.54, 1.807) is 12.1 Å². The molecular weight excluding hydrogens is 203 g/mol. The molecule has 0 fully saturated rings. The molecular formula is C11H8ClFO. The van der Waals surface area contributed by atoms with Crippen LogP contribution in [0.4, 0.5) is 4.39 Å². The minimum Gasteiger partial charge on any atom is -0.461 e. The number of halogens is 2. The lowest BCUT2D eigenvalue weighted by Gasteiger charge is -1.98. The van der Waals surface area contributed by atoms with Gasteiger partial charge in [0.25, 0.3) is 0 Å². The van der Waals surface area contributed by atoms with E-state index < -0.39 is 5.82 Å². The summed E-state index contributed by atoms with van der Waals surface area (Å²) in [4.78, 5) is 0. The lowest BCUT2D eigenvalue weighted by molar-refractivity contribution is 0.548. The summed E-state index contributed by atoms with van der Waals surface area (Å²) in [5.74, 6) is 1.10. The second kappa shape index (κ2) is 3.46. The highest BCUT2D eigenvalue weighted by atomic mass is 35.5. The van der Waals surface area contributed by atoms with E-state index in [0.717, 1.165) is 11.3 Å². The molecule has 2 aromatic rings. The first kappa shape index (κ1) is 9.28. The zero-order valence-corrected chi connectivity index (χ0v) is 8.31. The molecule has 0 spiro atoms. The molecule has 0 bridgehead atoms. The Labute approximate surface area is 86.1 Å². The van der Waals surface area contributed by atoms with Crippen LogP contribution in [0.15, 0.2) is 34.7 Å². The van der Waals surface area contributed by atoms with Crippen molar-refractivity contribution in [1.82, 2.24) is 0 Å². The zero-order valence-electron chi connectivity index (χ0n) is 7.55. The van der Waals surface area contributed by atoms with Gasteiger partial charge >= 0.3 is 0 Å². The number of hydrogen-bond donors (Lipinski definition) is 0. The summed E-state index contributed by atoms with van der Waals surface area (Å²) < 4.78 is 18.2. The van der Waals surface area contributed by atoms with Crippen LogP contribution < -0.4 is 0 Å². The van der Waals surface area contributed by atoms with E-state index in [4.69, 9.17) is 16.0 Å². The van der Waals surface area contributed by atoms with E-state index in [9.17, 15) is 4.39 Å². The van der Waals surface area contributed by atoms with Crippen molar-refractivity contribution in [1.29, 1.82) is 0 Å². The van der Waals surface area contributed by atoms with Crippen LogP contribution in [0.5, 0.6) is 0 Å². The predicted octanol–water partition coefficient (Wildman–Crippen LogP) is 4.05. The highest BCUT2D eigenvalue weighted by molar-refractivity contribution is 6.31. The molecule has 3 heteroatoms. The van der Waals surface area contributed by atoms with Gasteiger partial charge in [0, 0.05) is 5.56 Å². The van der Waals surface area contributed by atoms with Crippen molar-refractivity contribution in [3.63, 3.8) is 0 Å². The summed E-state index contributed by atoms with van der Waals surface area (Å²) in [7, 11) is 0. The first-order valence-corrected chi connectivity index (χ1v) is 4.56. The molecule has 72 valence electrons. The highest BCUT2D eigenvalue weighted by Gasteiger charge is 2.05. The SMILES string of the molecule is Cc1ccc(-c2ccc(F)c(Cl)c2)o1. The fourth-order valence-electron chi connectivity index (χ4n) is 1.24. The Balaban J connectivity index is 2.47. The maximum absolute atomic E-state index is 12.9. The van der Waals surface area contributed by atoms with Crippen LogP contribution >= 0.6 is 11.6 Å². The molecule has 1 nitrogen and oxygen atoms in total. The third-order valence-corrected chi connectivity index (χ3v) is 2.23. The van der Waals surface area contributed by atoms with Crippen LogP contribution in [0, 0.1) is 12.7 Å². The minimum absolute atomic E-state index is 0.108. The molecule has 0 atom stereocenters. The van der Waals surface area contributed by atoms with E-state index in [1.807, 2.05) is 19.1 Å². The Bertz CT molecular complexity index is 462. The van der Waals surface area contributed by atoms with Gasteiger partial charge in [0.2, 0.25) is 0 Å². The van der Waals surface area contributed by atoms with Gasteiger partial charge in [0.1, 0.15) is 17.3 Å². The molecule has 0 N–H and O–H groups in total. The summed E-state index contributed by atoms with van der Waals surface area (Å²) in [6, 6.07) is 8.20. The first-order chi connectivity index (χ1) is 6.66. The molecule has 0 aliphatic rings. The third kappa shape index (κ3) is 1.66. The average Bonchev–Trinajstić information content (AvgIpc) is 2.57. The van der Waals surface area contributed by atoms with Gasteiger partial charge in [-0.3, -0.25) is 0 Å². The molecule has 0 amide bonds. The van der Waals surface area contributed by atoms with E-state index >= 15 is 0 Å². The molecule has 0 saturated carbocycles. The standard InChI is InChI=1S/C11H8ClFO/c1-7-2-5-11(14-7)8-3-4-10(13)9(12)6-8/h2-6H,1H3. The van der Waals surface area contributed by atoms with Crippen molar-refractivity contribution < 1.29 is 8.81 Å². The van der Waals surface area contributed by atoms with Crippen LogP contribution in [0.3, 0.4) is 0 Å². The van der Waals surface area contributed by atoms with E-state index in [1.165, 1.54) is 6.07 Å². The maximum atomic E-state index is 12.9. The van der Waals surface area contributed by atoms with Gasteiger partial charge in [-0.2, -0.15) is 0 Å². The number of furan rings is 1. The fourth-order valence-corrected chi connectivity index (χ4v) is 1.42. The van der Waals surface area contributed by atoms with Gasteiger partial charge in [-0.1, -0.05) is 11.6 Å². The summed E-state index contributed by atoms with van der Waals surface area (Å²) in [5.41, 5.74) is 0.782. The Morgan fingerprint density at radius 3 is 2.57 bits per heavy atom. The normalized spacial score (nSPS) is 10.5. The van der Waals surface area contributed by atoms with Gasteiger partial charge in [-0.25, -0.2) is 4.39 Å². The van der Waals surface area contributed by atoms with Crippen LogP contribution in [-0.2, 0) is 0 Å². The second-order valence-corrected chi connectivity index (χ2v) is 3.45. The minimum atomic E-state index is -0.418. The van der Waals surface area contributed by atoms with E-state index in [0.29, 0.717) is 5.76 Å². The molecule has 0 unspecified atom stereocenters. The molecule has 1 heterocycles. The zero-order chi connectivity index (χ0) is 10.1. The van der Waals surface area contributed by atoms with Crippen molar-refractivity contribution in [2.75, 3.05) is 0 Å². The van der Waals surface area contributed by atoms with Gasteiger partial charge < -0.3 is 4.42 Å². The van der Waals surface area contributed by atoms with Crippen molar-refractivity contribution in [2.24, 2.45) is 0 Å². The Kier molecular flexibility index (Phi) is 2.30. The fraction of sp³-hybridized carbons (Fsp3) is 0.0909. The molecule has 0 saturated heterocycles. The molecule has 1 aromatic carbocycles. The molecule has 14 heavy (non-hydrogen) atoms. The van der Waals surface area contributed by atoms with Crippen LogP contribution in [0.25, 0.3) is 11.3 Å². The maximum Gasteiger partial charge on any atom is 0.141 e. The Hall–Kier alpha value is -1.28. The molecule has 0 aliphatic carbocycles. The van der Waals surface area contributed by atoms with Crippen molar-refractivity contribution >= 4 is 11.6 Å². The summed E-state index contributed by atoms with van der Waals surface area (Å²) in [6.07, 6.45) is 0. The number of hydrogen-bond acceptors (Lipinski definition) is 1. The van der Waals surface area contributed by atoms with Gasteiger partial charge in [0.05, 0.1) is 5.02 Å². The number of aryl methyl sites for hydroxylation is 1. The molecule has 1 aromatic heterocycles. The van der Waals surface area contributed by atoms with Crippen molar-refractivity contribution in [2.45, 2.75) is 6.92 Å². The second-order valence-electron chi connectivity index (χ2n) is 3.04. The largest absolute Gasteiger partial charge is 0.461 e. The molecule has 0 aliphatic heterocycles. The van der Waals surface area contributed by atoms with Crippen LogP contribution in [0.2, 0.25) is 5.02 Å². The lowest BCUT2D eigenvalue weighted by atomic mass is 10.2. The number of rotatable bonds is 1. The monoisotopic (exact) mass is 210 g/mol. The van der Waals surface area contributed by atoms with E-state index in [2.05, 4.69) is 0 Å². The van der Waals surface area contributed by atoms with Crippen molar-refractivity contribution in [3.05, 3.63) is 46.9 Å². The van der Waals surface area contributed by atoms with Gasteiger partial charge in [-0.15, -0.1) is 0 Å². The Morgan fingerprint density at radius 2 is 2.00 bits per heavy atom. The Morgan fingerprint density at radius 1 is 1.21 bits per heavy atom. The third-order valence-electron chi connectivity index (χ3n) is 1.94. The molecule has 0 radical (unpaired) electrons. The predicted molar refractivity (Wildman–Crippen MR) is 53.8 cm³/mol. The smallest absolute Gasteiger partial charge is 0.141 e. The summed E-state index contributed by atoms with van der Waals surface area (Å²) in [5, 5.41) is 0.108. The first-order valence-electron chi connectivity index (χ1n) is 4.18.